The Morgan fingerprint density at radius 1 is 1.05 bits per heavy atom. The fourth-order valence-electron chi connectivity index (χ4n) is 3.01. The average Bonchev–Trinajstić information content (AvgIpc) is 2.28. The third kappa shape index (κ3) is 3.01. The van der Waals surface area contributed by atoms with Crippen LogP contribution in [0.2, 0.25) is 0 Å². The van der Waals surface area contributed by atoms with Gasteiger partial charge in [0.05, 0.1) is 0 Å². The Bertz CT molecular complexity index is 445. The van der Waals surface area contributed by atoms with Gasteiger partial charge in [0.1, 0.15) is 0 Å². The quantitative estimate of drug-likeness (QED) is 0.874. The van der Waals surface area contributed by atoms with Gasteiger partial charge in [-0.1, -0.05) is 12.1 Å². The van der Waals surface area contributed by atoms with Crippen LogP contribution >= 0.6 is 0 Å². The largest absolute Gasteiger partial charge is 0.311 e. The third-order valence-electron chi connectivity index (χ3n) is 4.95. The molecule has 0 radical (unpaired) electrons. The molecule has 2 rings (SSSR count). The van der Waals surface area contributed by atoms with Crippen molar-refractivity contribution >= 4 is 0 Å². The van der Waals surface area contributed by atoms with Gasteiger partial charge in [0.2, 0.25) is 0 Å². The maximum Gasteiger partial charge on any atom is 0.0328 e. The summed E-state index contributed by atoms with van der Waals surface area (Å²) in [5, 5.41) is 3.67. The van der Waals surface area contributed by atoms with Crippen molar-refractivity contribution in [1.29, 1.82) is 0 Å². The highest BCUT2D eigenvalue weighted by Gasteiger charge is 2.38. The smallest absolute Gasteiger partial charge is 0.0328 e. The van der Waals surface area contributed by atoms with Crippen molar-refractivity contribution in [3.63, 3.8) is 0 Å². The van der Waals surface area contributed by atoms with Crippen molar-refractivity contribution in [2.45, 2.75) is 52.1 Å². The lowest BCUT2D eigenvalue weighted by atomic mass is 9.75. The second kappa shape index (κ2) is 5.64. The number of likely N-dealkylation sites (N-methyl/N-ethyl adjacent to an activating group) is 1. The lowest BCUT2D eigenvalue weighted by Crippen LogP contribution is -2.56. The zero-order valence-electron chi connectivity index (χ0n) is 13.1. The first-order chi connectivity index (χ1) is 8.94. The van der Waals surface area contributed by atoms with Crippen LogP contribution in [-0.2, 0) is 6.54 Å². The van der Waals surface area contributed by atoms with Crippen LogP contribution in [0.1, 0.15) is 41.5 Å². The van der Waals surface area contributed by atoms with Crippen molar-refractivity contribution in [2.24, 2.45) is 0 Å². The molecule has 0 saturated heterocycles. The summed E-state index contributed by atoms with van der Waals surface area (Å²) in [4.78, 5) is 2.40. The summed E-state index contributed by atoms with van der Waals surface area (Å²) in [6, 6.07) is 4.64. The molecule has 0 atom stereocenters. The molecule has 1 fully saturated rings. The zero-order valence-corrected chi connectivity index (χ0v) is 13.1. The molecule has 0 spiro atoms. The molecular weight excluding hydrogens is 232 g/mol. The van der Waals surface area contributed by atoms with Crippen LogP contribution < -0.4 is 5.32 Å². The van der Waals surface area contributed by atoms with Crippen LogP contribution in [0.25, 0.3) is 0 Å². The van der Waals surface area contributed by atoms with Gasteiger partial charge in [0.15, 0.2) is 0 Å². The number of rotatable bonds is 5. The zero-order chi connectivity index (χ0) is 14.0. The second-order valence-electron chi connectivity index (χ2n) is 6.44. The van der Waals surface area contributed by atoms with E-state index in [2.05, 4.69) is 57.2 Å². The highest BCUT2D eigenvalue weighted by atomic mass is 15.2. The molecule has 0 aliphatic heterocycles. The van der Waals surface area contributed by atoms with Gasteiger partial charge in [-0.25, -0.2) is 0 Å². The van der Waals surface area contributed by atoms with Gasteiger partial charge in [-0.05, 0) is 76.4 Å². The number of nitrogens with one attached hydrogen (secondary N) is 1. The summed E-state index contributed by atoms with van der Waals surface area (Å²) in [6.45, 7) is 8.70. The highest BCUT2D eigenvalue weighted by Crippen LogP contribution is 2.35. The third-order valence-corrected chi connectivity index (χ3v) is 4.95. The monoisotopic (exact) mass is 260 g/mol. The number of hydrogen-bond acceptors (Lipinski definition) is 2. The Morgan fingerprint density at radius 3 is 2.21 bits per heavy atom. The van der Waals surface area contributed by atoms with Crippen LogP contribution in [0, 0.1) is 20.8 Å². The molecule has 19 heavy (non-hydrogen) atoms. The summed E-state index contributed by atoms with van der Waals surface area (Å²) in [7, 11) is 4.42. The Labute approximate surface area is 118 Å². The minimum Gasteiger partial charge on any atom is -0.311 e. The van der Waals surface area contributed by atoms with E-state index in [-0.39, 0.29) is 0 Å². The molecule has 2 nitrogen and oxygen atoms in total. The Kier molecular flexibility index (Phi) is 4.32. The predicted molar refractivity (Wildman–Crippen MR) is 82.6 cm³/mol. The minimum atomic E-state index is 0.410. The fourth-order valence-corrected chi connectivity index (χ4v) is 3.01. The first-order valence-corrected chi connectivity index (χ1v) is 7.39. The van der Waals surface area contributed by atoms with Crippen molar-refractivity contribution < 1.29 is 0 Å². The van der Waals surface area contributed by atoms with Crippen LogP contribution in [0.5, 0.6) is 0 Å². The van der Waals surface area contributed by atoms with E-state index in [1.165, 1.54) is 41.5 Å². The number of aryl methyl sites for hydroxylation is 3. The van der Waals surface area contributed by atoms with E-state index in [0.717, 1.165) is 13.1 Å². The first kappa shape index (κ1) is 14.5. The topological polar surface area (TPSA) is 15.3 Å². The summed E-state index contributed by atoms with van der Waals surface area (Å²) < 4.78 is 0. The van der Waals surface area contributed by atoms with Gasteiger partial charge in [0, 0.05) is 18.6 Å². The van der Waals surface area contributed by atoms with Crippen LogP contribution in [0.15, 0.2) is 12.1 Å². The molecule has 2 heteroatoms. The molecule has 1 aromatic carbocycles. The summed E-state index contributed by atoms with van der Waals surface area (Å²) >= 11 is 0. The molecule has 1 N–H and O–H groups in total. The van der Waals surface area contributed by atoms with Gasteiger partial charge in [0.25, 0.3) is 0 Å². The van der Waals surface area contributed by atoms with Crippen LogP contribution in [0.3, 0.4) is 0 Å². The molecule has 0 heterocycles. The standard InChI is InChI=1S/C17H28N2/c1-13-9-15(3)16(10-14(13)2)11-18-12-17(19(4)5)7-6-8-17/h9-10,18H,6-8,11-12H2,1-5H3. The summed E-state index contributed by atoms with van der Waals surface area (Å²) in [6.07, 6.45) is 4.04. The van der Waals surface area contributed by atoms with E-state index < -0.39 is 0 Å². The Balaban J connectivity index is 1.94. The molecule has 1 aromatic rings. The first-order valence-electron chi connectivity index (χ1n) is 7.39. The molecule has 106 valence electrons. The van der Waals surface area contributed by atoms with E-state index in [0.29, 0.717) is 5.54 Å². The van der Waals surface area contributed by atoms with E-state index >= 15 is 0 Å². The lowest BCUT2D eigenvalue weighted by molar-refractivity contribution is 0.0598. The van der Waals surface area contributed by atoms with Crippen molar-refractivity contribution in [1.82, 2.24) is 10.2 Å². The molecule has 0 aromatic heterocycles. The SMILES string of the molecule is Cc1cc(C)c(CNCC2(N(C)C)CCC2)cc1C. The van der Waals surface area contributed by atoms with Crippen molar-refractivity contribution in [3.8, 4) is 0 Å². The minimum absolute atomic E-state index is 0.410. The Morgan fingerprint density at radius 2 is 1.68 bits per heavy atom. The molecule has 1 saturated carbocycles. The van der Waals surface area contributed by atoms with E-state index in [1.807, 2.05) is 0 Å². The van der Waals surface area contributed by atoms with Gasteiger partial charge >= 0.3 is 0 Å². The number of nitrogens with zero attached hydrogens (tertiary/aromatic N) is 1. The van der Waals surface area contributed by atoms with Crippen LogP contribution in [-0.4, -0.2) is 31.1 Å². The van der Waals surface area contributed by atoms with Crippen molar-refractivity contribution in [2.75, 3.05) is 20.6 Å². The molecule has 0 unspecified atom stereocenters. The number of benzene rings is 1. The maximum absolute atomic E-state index is 3.67. The molecule has 1 aliphatic rings. The van der Waals surface area contributed by atoms with Crippen LogP contribution in [0.4, 0.5) is 0 Å². The maximum atomic E-state index is 3.67. The molecule has 0 bridgehead atoms. The number of hydrogen-bond donors (Lipinski definition) is 1. The van der Waals surface area contributed by atoms with E-state index in [4.69, 9.17) is 0 Å². The predicted octanol–water partition coefficient (Wildman–Crippen LogP) is 3.19. The highest BCUT2D eigenvalue weighted by molar-refractivity contribution is 5.36. The van der Waals surface area contributed by atoms with Gasteiger partial charge in [-0.3, -0.25) is 0 Å². The van der Waals surface area contributed by atoms with E-state index in [1.54, 1.807) is 0 Å². The van der Waals surface area contributed by atoms with Gasteiger partial charge in [-0.15, -0.1) is 0 Å². The Hall–Kier alpha value is -0.860. The summed E-state index contributed by atoms with van der Waals surface area (Å²) in [5.41, 5.74) is 6.05. The normalized spacial score (nSPS) is 17.6. The van der Waals surface area contributed by atoms with Crippen molar-refractivity contribution in [3.05, 3.63) is 34.4 Å². The second-order valence-corrected chi connectivity index (χ2v) is 6.44. The van der Waals surface area contributed by atoms with Gasteiger partial charge < -0.3 is 10.2 Å². The average molecular weight is 260 g/mol. The molecular formula is C17H28N2. The molecule has 0 amide bonds. The summed E-state index contributed by atoms with van der Waals surface area (Å²) in [5.74, 6) is 0. The fraction of sp³-hybridized carbons (Fsp3) is 0.647. The molecule has 1 aliphatic carbocycles. The lowest BCUT2D eigenvalue weighted by Gasteiger charge is -2.47. The van der Waals surface area contributed by atoms with E-state index in [9.17, 15) is 0 Å². The van der Waals surface area contributed by atoms with Gasteiger partial charge in [-0.2, -0.15) is 0 Å².